The van der Waals surface area contributed by atoms with Gasteiger partial charge in [-0.1, -0.05) is 24.3 Å². The highest BCUT2D eigenvalue weighted by Gasteiger charge is 2.19. The van der Waals surface area contributed by atoms with Crippen LogP contribution in [-0.2, 0) is 22.3 Å². The van der Waals surface area contributed by atoms with E-state index in [1.165, 1.54) is 7.05 Å². The third-order valence-corrected chi connectivity index (χ3v) is 5.80. The fourth-order valence-electron chi connectivity index (χ4n) is 3.01. The summed E-state index contributed by atoms with van der Waals surface area (Å²) in [5, 5.41) is 16.3. The fraction of sp³-hybridized carbons (Fsp3) is 0.611. The van der Waals surface area contributed by atoms with E-state index in [0.29, 0.717) is 12.6 Å². The molecule has 0 saturated heterocycles. The number of aliphatic hydroxyl groups excluding tert-OH is 1. The Balaban J connectivity index is 2.00. The molecule has 1 aromatic rings. The van der Waals surface area contributed by atoms with Gasteiger partial charge in [0.2, 0.25) is 10.0 Å². The van der Waals surface area contributed by atoms with E-state index in [-0.39, 0.29) is 11.9 Å². The molecule has 0 amide bonds. The van der Waals surface area contributed by atoms with Gasteiger partial charge in [-0.15, -0.1) is 0 Å². The molecule has 0 radical (unpaired) electrons. The highest BCUT2D eigenvalue weighted by atomic mass is 32.2. The van der Waals surface area contributed by atoms with Crippen LogP contribution in [0.5, 0.6) is 0 Å². The number of hydrogen-bond acceptors (Lipinski definition) is 4. The topological polar surface area (TPSA) is 103 Å². The van der Waals surface area contributed by atoms with Gasteiger partial charge in [-0.05, 0) is 50.8 Å². The number of nitrogens with zero attached hydrogens (tertiary/aromatic N) is 1. The van der Waals surface area contributed by atoms with Crippen LogP contribution in [0.3, 0.4) is 0 Å². The molecule has 2 rings (SSSR count). The van der Waals surface area contributed by atoms with E-state index < -0.39 is 10.0 Å². The van der Waals surface area contributed by atoms with Crippen LogP contribution in [0.2, 0.25) is 0 Å². The standard InChI is InChI=1S/C18H30N4O3S/c1-3-20-18(22-16-7-9-17(23)10-8-16)21-12-14-5-4-6-15(11-14)13-26(24,25)19-2/h4-6,11,16-17,19,23H,3,7-10,12-13H2,1-2H3,(H2,20,21,22). The maximum Gasteiger partial charge on any atom is 0.215 e. The molecule has 7 nitrogen and oxygen atoms in total. The fourth-order valence-corrected chi connectivity index (χ4v) is 3.78. The lowest BCUT2D eigenvalue weighted by molar-refractivity contribution is 0.120. The van der Waals surface area contributed by atoms with Gasteiger partial charge in [0.1, 0.15) is 0 Å². The second-order valence-corrected chi connectivity index (χ2v) is 8.55. The van der Waals surface area contributed by atoms with Crippen molar-refractivity contribution >= 4 is 16.0 Å². The van der Waals surface area contributed by atoms with Gasteiger partial charge >= 0.3 is 0 Å². The zero-order valence-corrected chi connectivity index (χ0v) is 16.3. The summed E-state index contributed by atoms with van der Waals surface area (Å²) < 4.78 is 25.7. The number of sulfonamides is 1. The Bertz CT molecular complexity index is 698. The molecule has 1 fully saturated rings. The van der Waals surface area contributed by atoms with Crippen molar-refractivity contribution in [1.29, 1.82) is 0 Å². The number of rotatable bonds is 7. The van der Waals surface area contributed by atoms with Crippen LogP contribution >= 0.6 is 0 Å². The molecule has 0 bridgehead atoms. The molecule has 1 saturated carbocycles. The summed E-state index contributed by atoms with van der Waals surface area (Å²) in [5.74, 6) is 0.714. The predicted octanol–water partition coefficient (Wildman–Crippen LogP) is 1.09. The number of guanidine groups is 1. The van der Waals surface area contributed by atoms with Crippen LogP contribution in [-0.4, -0.2) is 45.2 Å². The third kappa shape index (κ3) is 6.93. The first-order chi connectivity index (χ1) is 12.4. The highest BCUT2D eigenvalue weighted by Crippen LogP contribution is 2.18. The summed E-state index contributed by atoms with van der Waals surface area (Å²) in [6.45, 7) is 3.25. The molecule has 146 valence electrons. The Kier molecular flexibility index (Phi) is 7.86. The highest BCUT2D eigenvalue weighted by molar-refractivity contribution is 7.88. The number of hydrogen-bond donors (Lipinski definition) is 4. The van der Waals surface area contributed by atoms with Crippen LogP contribution in [0, 0.1) is 0 Å². The molecule has 1 aliphatic rings. The van der Waals surface area contributed by atoms with Crippen molar-refractivity contribution in [1.82, 2.24) is 15.4 Å². The molecule has 1 aromatic carbocycles. The SMILES string of the molecule is CCNC(=NCc1cccc(CS(=O)(=O)NC)c1)NC1CCC(O)CC1. The van der Waals surface area contributed by atoms with E-state index in [0.717, 1.165) is 49.3 Å². The van der Waals surface area contributed by atoms with Gasteiger partial charge in [0.25, 0.3) is 0 Å². The largest absolute Gasteiger partial charge is 0.393 e. The second kappa shape index (κ2) is 9.89. The van der Waals surface area contributed by atoms with Crippen LogP contribution in [0.1, 0.15) is 43.7 Å². The molecule has 26 heavy (non-hydrogen) atoms. The van der Waals surface area contributed by atoms with Crippen LogP contribution < -0.4 is 15.4 Å². The predicted molar refractivity (Wildman–Crippen MR) is 104 cm³/mol. The number of aliphatic imine (C=N–C) groups is 1. The van der Waals surface area contributed by atoms with Gasteiger partial charge in [-0.25, -0.2) is 18.1 Å². The quantitative estimate of drug-likeness (QED) is 0.418. The van der Waals surface area contributed by atoms with Crippen molar-refractivity contribution in [2.45, 2.75) is 57.1 Å². The van der Waals surface area contributed by atoms with Crippen molar-refractivity contribution in [2.24, 2.45) is 4.99 Å². The lowest BCUT2D eigenvalue weighted by Crippen LogP contribution is -2.45. The lowest BCUT2D eigenvalue weighted by Gasteiger charge is -2.27. The van der Waals surface area contributed by atoms with E-state index in [2.05, 4.69) is 20.3 Å². The molecule has 0 spiro atoms. The summed E-state index contributed by atoms with van der Waals surface area (Å²) in [6.07, 6.45) is 3.33. The van der Waals surface area contributed by atoms with Crippen LogP contribution in [0.15, 0.2) is 29.3 Å². The van der Waals surface area contributed by atoms with Gasteiger partial charge in [-0.2, -0.15) is 0 Å². The van der Waals surface area contributed by atoms with Gasteiger partial charge in [-0.3, -0.25) is 0 Å². The van der Waals surface area contributed by atoms with Crippen molar-refractivity contribution in [2.75, 3.05) is 13.6 Å². The molecular weight excluding hydrogens is 352 g/mol. The molecular formula is C18H30N4O3S. The third-order valence-electron chi connectivity index (χ3n) is 4.46. The van der Waals surface area contributed by atoms with E-state index in [4.69, 9.17) is 0 Å². The molecule has 0 atom stereocenters. The first kappa shape index (κ1) is 20.7. The van der Waals surface area contributed by atoms with Crippen molar-refractivity contribution in [3.05, 3.63) is 35.4 Å². The average Bonchev–Trinajstić information content (AvgIpc) is 2.62. The maximum atomic E-state index is 11.7. The maximum absolute atomic E-state index is 11.7. The monoisotopic (exact) mass is 382 g/mol. The Morgan fingerprint density at radius 3 is 2.58 bits per heavy atom. The average molecular weight is 383 g/mol. The van der Waals surface area contributed by atoms with Crippen molar-refractivity contribution in [3.8, 4) is 0 Å². The lowest BCUT2D eigenvalue weighted by atomic mass is 9.93. The van der Waals surface area contributed by atoms with E-state index in [1.807, 2.05) is 25.1 Å². The summed E-state index contributed by atoms with van der Waals surface area (Å²) in [4.78, 5) is 4.62. The Morgan fingerprint density at radius 1 is 1.23 bits per heavy atom. The second-order valence-electron chi connectivity index (χ2n) is 6.63. The Morgan fingerprint density at radius 2 is 1.92 bits per heavy atom. The van der Waals surface area contributed by atoms with Crippen LogP contribution in [0.4, 0.5) is 0 Å². The minimum Gasteiger partial charge on any atom is -0.393 e. The van der Waals surface area contributed by atoms with E-state index in [1.54, 1.807) is 6.07 Å². The summed E-state index contributed by atoms with van der Waals surface area (Å²) in [5.41, 5.74) is 1.70. The Hall–Kier alpha value is -1.64. The summed E-state index contributed by atoms with van der Waals surface area (Å²) >= 11 is 0. The Labute approximate surface area is 156 Å². The van der Waals surface area contributed by atoms with E-state index >= 15 is 0 Å². The van der Waals surface area contributed by atoms with Gasteiger partial charge in [0.05, 0.1) is 18.4 Å². The normalized spacial score (nSPS) is 21.4. The molecule has 0 aromatic heterocycles. The summed E-state index contributed by atoms with van der Waals surface area (Å²) in [6, 6.07) is 7.80. The molecule has 8 heteroatoms. The molecule has 1 aliphatic carbocycles. The van der Waals surface area contributed by atoms with Crippen molar-refractivity contribution in [3.63, 3.8) is 0 Å². The first-order valence-electron chi connectivity index (χ1n) is 9.13. The van der Waals surface area contributed by atoms with Gasteiger partial charge in [0, 0.05) is 12.6 Å². The van der Waals surface area contributed by atoms with Crippen molar-refractivity contribution < 1.29 is 13.5 Å². The van der Waals surface area contributed by atoms with Crippen LogP contribution in [0.25, 0.3) is 0 Å². The van der Waals surface area contributed by atoms with Gasteiger partial charge < -0.3 is 15.7 Å². The number of benzene rings is 1. The number of nitrogens with one attached hydrogen (secondary N) is 3. The molecule has 0 heterocycles. The molecule has 0 aliphatic heterocycles. The van der Waals surface area contributed by atoms with E-state index in [9.17, 15) is 13.5 Å². The molecule has 4 N–H and O–H groups in total. The first-order valence-corrected chi connectivity index (χ1v) is 10.8. The minimum absolute atomic E-state index is 0.0379. The smallest absolute Gasteiger partial charge is 0.215 e. The van der Waals surface area contributed by atoms with Gasteiger partial charge in [0.15, 0.2) is 5.96 Å². The molecule has 0 unspecified atom stereocenters. The minimum atomic E-state index is -3.28. The summed E-state index contributed by atoms with van der Waals surface area (Å²) in [7, 11) is -1.87. The zero-order chi connectivity index (χ0) is 19.0. The zero-order valence-electron chi connectivity index (χ0n) is 15.5. The number of aliphatic hydroxyl groups is 1.